The zero-order valence-corrected chi connectivity index (χ0v) is 17.3. The third-order valence-corrected chi connectivity index (χ3v) is 5.80. The van der Waals surface area contributed by atoms with Gasteiger partial charge >= 0.3 is 0 Å². The van der Waals surface area contributed by atoms with Gasteiger partial charge in [0, 0.05) is 44.5 Å². The largest absolute Gasteiger partial charge is 0.368 e. The van der Waals surface area contributed by atoms with Gasteiger partial charge in [-0.2, -0.15) is 0 Å². The molecule has 0 radical (unpaired) electrons. The predicted octanol–water partition coefficient (Wildman–Crippen LogP) is 1.35. The second-order valence-electron chi connectivity index (χ2n) is 7.57. The van der Waals surface area contributed by atoms with Crippen LogP contribution in [0.1, 0.15) is 12.7 Å². The minimum atomic E-state index is -0.330. The fourth-order valence-electron chi connectivity index (χ4n) is 4.15. The molecule has 9 heteroatoms. The molecule has 0 unspecified atom stereocenters. The van der Waals surface area contributed by atoms with Crippen molar-refractivity contribution >= 4 is 28.4 Å². The first-order chi connectivity index (χ1) is 15.2. The Morgan fingerprint density at radius 3 is 2.48 bits per heavy atom. The van der Waals surface area contributed by atoms with E-state index >= 15 is 0 Å². The quantitative estimate of drug-likeness (QED) is 0.498. The number of pyridine rings is 1. The Labute approximate surface area is 178 Å². The van der Waals surface area contributed by atoms with Crippen molar-refractivity contribution in [3.8, 4) is 0 Å². The highest BCUT2D eigenvalue weighted by Crippen LogP contribution is 2.17. The molecule has 3 aromatic heterocycles. The van der Waals surface area contributed by atoms with Gasteiger partial charge in [-0.05, 0) is 24.3 Å². The maximum atomic E-state index is 13.2. The molecule has 4 heterocycles. The van der Waals surface area contributed by atoms with E-state index in [1.807, 2.05) is 36.1 Å². The molecule has 1 amide bonds. The van der Waals surface area contributed by atoms with E-state index in [0.29, 0.717) is 36.5 Å². The number of aromatic nitrogens is 5. The Balaban J connectivity index is 1.42. The summed E-state index contributed by atoms with van der Waals surface area (Å²) in [4.78, 5) is 34.8. The molecule has 158 valence electrons. The van der Waals surface area contributed by atoms with Crippen LogP contribution < -0.4 is 10.5 Å². The van der Waals surface area contributed by atoms with Crippen LogP contribution in [0.15, 0.2) is 53.5 Å². The maximum Gasteiger partial charge on any atom is 0.297 e. The lowest BCUT2D eigenvalue weighted by atomic mass is 10.2. The Morgan fingerprint density at radius 1 is 0.968 bits per heavy atom. The molecule has 31 heavy (non-hydrogen) atoms. The molecule has 1 saturated heterocycles. The summed E-state index contributed by atoms with van der Waals surface area (Å²) in [6, 6.07) is 13.8. The molecule has 0 spiro atoms. The van der Waals surface area contributed by atoms with Gasteiger partial charge in [-0.25, -0.2) is 4.98 Å². The van der Waals surface area contributed by atoms with E-state index in [1.54, 1.807) is 16.7 Å². The van der Waals surface area contributed by atoms with Crippen LogP contribution in [0.3, 0.4) is 0 Å². The standard InChI is InChI=1S/C22H23N7O2/c1-2-18-24-25-21-22(31)28(17-9-6-10-23-20(17)29(18)21)15-19(30)27-13-11-26(12-14-27)16-7-4-3-5-8-16/h3-10H,2,11-15H2,1H3. The second kappa shape index (κ2) is 7.82. The fourth-order valence-corrected chi connectivity index (χ4v) is 4.15. The minimum absolute atomic E-state index is 0.0445. The van der Waals surface area contributed by atoms with Crippen LogP contribution in [0, 0.1) is 0 Å². The first-order valence-electron chi connectivity index (χ1n) is 10.5. The van der Waals surface area contributed by atoms with E-state index in [9.17, 15) is 9.59 Å². The first-order valence-corrected chi connectivity index (χ1v) is 10.5. The van der Waals surface area contributed by atoms with Gasteiger partial charge in [0.15, 0.2) is 5.65 Å². The molecule has 5 rings (SSSR count). The van der Waals surface area contributed by atoms with E-state index in [1.165, 1.54) is 4.57 Å². The number of anilines is 1. The number of rotatable bonds is 4. The molecule has 1 aliphatic heterocycles. The van der Waals surface area contributed by atoms with Crippen molar-refractivity contribution in [1.29, 1.82) is 0 Å². The van der Waals surface area contributed by atoms with Gasteiger partial charge < -0.3 is 9.80 Å². The smallest absolute Gasteiger partial charge is 0.297 e. The Hall–Kier alpha value is -3.75. The molecular weight excluding hydrogens is 394 g/mol. The van der Waals surface area contributed by atoms with Crippen LogP contribution in [-0.4, -0.2) is 61.1 Å². The number of carbonyl (C=O) groups excluding carboxylic acids is 1. The lowest BCUT2D eigenvalue weighted by Gasteiger charge is -2.36. The van der Waals surface area contributed by atoms with Crippen LogP contribution >= 0.6 is 0 Å². The van der Waals surface area contributed by atoms with E-state index in [0.717, 1.165) is 18.8 Å². The third-order valence-electron chi connectivity index (χ3n) is 5.80. The number of nitrogens with zero attached hydrogens (tertiary/aromatic N) is 7. The number of hydrogen-bond donors (Lipinski definition) is 0. The molecule has 0 N–H and O–H groups in total. The number of hydrogen-bond acceptors (Lipinski definition) is 6. The molecule has 1 aliphatic rings. The van der Waals surface area contributed by atoms with Crippen molar-refractivity contribution in [2.45, 2.75) is 19.9 Å². The number of amides is 1. The number of carbonyl (C=O) groups is 1. The molecule has 1 aromatic carbocycles. The van der Waals surface area contributed by atoms with Crippen LogP contribution in [0.2, 0.25) is 0 Å². The summed E-state index contributed by atoms with van der Waals surface area (Å²) in [5, 5.41) is 8.20. The lowest BCUT2D eigenvalue weighted by Crippen LogP contribution is -2.50. The highest BCUT2D eigenvalue weighted by molar-refractivity contribution is 5.80. The topological polar surface area (TPSA) is 88.6 Å². The van der Waals surface area contributed by atoms with Crippen molar-refractivity contribution in [3.63, 3.8) is 0 Å². The fraction of sp³-hybridized carbons (Fsp3) is 0.318. The summed E-state index contributed by atoms with van der Waals surface area (Å²) in [5.41, 5.74) is 2.21. The molecule has 4 aromatic rings. The second-order valence-corrected chi connectivity index (χ2v) is 7.57. The van der Waals surface area contributed by atoms with Crippen LogP contribution in [0.5, 0.6) is 0 Å². The zero-order chi connectivity index (χ0) is 21.4. The molecule has 0 saturated carbocycles. The van der Waals surface area contributed by atoms with E-state index in [2.05, 4.69) is 32.2 Å². The van der Waals surface area contributed by atoms with Gasteiger partial charge in [0.2, 0.25) is 11.6 Å². The monoisotopic (exact) mass is 417 g/mol. The molecule has 0 atom stereocenters. The van der Waals surface area contributed by atoms with Gasteiger partial charge in [-0.3, -0.25) is 18.6 Å². The number of benzene rings is 1. The van der Waals surface area contributed by atoms with Crippen molar-refractivity contribution in [1.82, 2.24) is 29.0 Å². The predicted molar refractivity (Wildman–Crippen MR) is 117 cm³/mol. The van der Waals surface area contributed by atoms with Crippen LogP contribution in [0.25, 0.3) is 16.8 Å². The van der Waals surface area contributed by atoms with Gasteiger partial charge in [-0.15, -0.1) is 10.2 Å². The van der Waals surface area contributed by atoms with Gasteiger partial charge in [0.05, 0.1) is 5.52 Å². The summed E-state index contributed by atoms with van der Waals surface area (Å²) in [6.45, 7) is 4.66. The van der Waals surface area contributed by atoms with Crippen molar-refractivity contribution in [3.05, 3.63) is 64.8 Å². The van der Waals surface area contributed by atoms with Crippen LogP contribution in [-0.2, 0) is 17.8 Å². The SMILES string of the molecule is CCc1nnc2c(=O)n(CC(=O)N3CCN(c4ccccc4)CC3)c3cccnc3n12. The van der Waals surface area contributed by atoms with E-state index in [-0.39, 0.29) is 23.7 Å². The Morgan fingerprint density at radius 2 is 1.74 bits per heavy atom. The molecule has 9 nitrogen and oxygen atoms in total. The molecular formula is C22H23N7O2. The zero-order valence-electron chi connectivity index (χ0n) is 17.3. The summed E-state index contributed by atoms with van der Waals surface area (Å²) in [7, 11) is 0. The van der Waals surface area contributed by atoms with E-state index < -0.39 is 0 Å². The Kier molecular flexibility index (Phi) is 4.85. The van der Waals surface area contributed by atoms with Crippen molar-refractivity contribution < 1.29 is 4.79 Å². The van der Waals surface area contributed by atoms with Gasteiger partial charge in [-0.1, -0.05) is 25.1 Å². The normalized spacial score (nSPS) is 14.5. The third kappa shape index (κ3) is 3.31. The molecule has 0 aliphatic carbocycles. The van der Waals surface area contributed by atoms with Crippen LogP contribution in [0.4, 0.5) is 5.69 Å². The van der Waals surface area contributed by atoms with Gasteiger partial charge in [0.25, 0.3) is 5.56 Å². The molecule has 1 fully saturated rings. The average molecular weight is 417 g/mol. The minimum Gasteiger partial charge on any atom is -0.368 e. The highest BCUT2D eigenvalue weighted by atomic mass is 16.2. The number of para-hydroxylation sites is 1. The molecule has 0 bridgehead atoms. The van der Waals surface area contributed by atoms with E-state index in [4.69, 9.17) is 0 Å². The van der Waals surface area contributed by atoms with Gasteiger partial charge in [0.1, 0.15) is 12.4 Å². The van der Waals surface area contributed by atoms with Crippen molar-refractivity contribution in [2.24, 2.45) is 0 Å². The Bertz CT molecular complexity index is 1300. The lowest BCUT2D eigenvalue weighted by molar-refractivity contribution is -0.132. The summed E-state index contributed by atoms with van der Waals surface area (Å²) >= 11 is 0. The summed E-state index contributed by atoms with van der Waals surface area (Å²) in [6.07, 6.45) is 2.29. The highest BCUT2D eigenvalue weighted by Gasteiger charge is 2.24. The number of piperazine rings is 1. The number of aryl methyl sites for hydroxylation is 1. The van der Waals surface area contributed by atoms with Crippen molar-refractivity contribution in [2.75, 3.05) is 31.1 Å². The summed E-state index contributed by atoms with van der Waals surface area (Å²) < 4.78 is 3.16. The summed E-state index contributed by atoms with van der Waals surface area (Å²) in [5.74, 6) is 0.589. The maximum absolute atomic E-state index is 13.2. The average Bonchev–Trinajstić information content (AvgIpc) is 3.27. The first kappa shape index (κ1) is 19.2. The number of fused-ring (bicyclic) bond motifs is 3.